The van der Waals surface area contributed by atoms with Crippen molar-refractivity contribution in [2.24, 2.45) is 20.5 Å². The summed E-state index contributed by atoms with van der Waals surface area (Å²) in [6.45, 7) is 2.12. The monoisotopic (exact) mass is 552 g/mol. The van der Waals surface area contributed by atoms with Crippen LogP contribution in [0.25, 0.3) is 0 Å². The number of azo groups is 2. The van der Waals surface area contributed by atoms with Crippen LogP contribution >= 0.6 is 0 Å². The molecular weight excluding hydrogens is 524 g/mol. The molecule has 208 valence electrons. The Bertz CT molecular complexity index is 1600. The number of carboxylic acids is 2. The maximum atomic E-state index is 11.2. The van der Waals surface area contributed by atoms with Gasteiger partial charge in [0, 0.05) is 5.56 Å². The third-order valence-corrected chi connectivity index (χ3v) is 6.19. The molecular formula is C31H28N4O6. The van der Waals surface area contributed by atoms with Crippen LogP contribution in [0, 0.1) is 6.92 Å². The minimum absolute atomic E-state index is 0.127. The zero-order valence-electron chi connectivity index (χ0n) is 22.2. The van der Waals surface area contributed by atoms with Crippen molar-refractivity contribution in [1.29, 1.82) is 0 Å². The van der Waals surface area contributed by atoms with Crippen molar-refractivity contribution in [3.63, 3.8) is 0 Å². The van der Waals surface area contributed by atoms with Crippen LogP contribution in [0.4, 0.5) is 11.4 Å². The number of carboxylic acid groups (broad SMARTS) is 2. The molecule has 0 amide bonds. The zero-order valence-corrected chi connectivity index (χ0v) is 22.2. The second-order valence-electron chi connectivity index (χ2n) is 9.09. The first-order chi connectivity index (χ1) is 19.8. The Morgan fingerprint density at radius 3 is 1.90 bits per heavy atom. The van der Waals surface area contributed by atoms with Gasteiger partial charge in [-0.2, -0.15) is 20.5 Å². The van der Waals surface area contributed by atoms with Crippen LogP contribution in [0.3, 0.4) is 0 Å². The summed E-state index contributed by atoms with van der Waals surface area (Å²) in [6.07, 6.45) is -0.663. The van der Waals surface area contributed by atoms with Crippen LogP contribution < -0.4 is 4.74 Å². The number of nitrogens with zero attached hydrogens (tertiary/aromatic N) is 4. The molecule has 0 spiro atoms. The first kappa shape index (κ1) is 28.8. The normalized spacial score (nSPS) is 12.0. The molecule has 0 radical (unpaired) electrons. The number of aliphatic hydroxyl groups is 1. The minimum Gasteiger partial charge on any atom is -0.483 e. The molecule has 3 N–H and O–H groups in total. The number of rotatable bonds is 12. The van der Waals surface area contributed by atoms with E-state index in [1.54, 1.807) is 30.3 Å². The summed E-state index contributed by atoms with van der Waals surface area (Å²) in [5.74, 6) is -1.54. The highest BCUT2D eigenvalue weighted by atomic mass is 16.5. The highest BCUT2D eigenvalue weighted by Gasteiger charge is 2.16. The van der Waals surface area contributed by atoms with E-state index in [1.807, 2.05) is 43.3 Å². The van der Waals surface area contributed by atoms with Gasteiger partial charge in [0.15, 0.2) is 0 Å². The fraction of sp³-hybridized carbons (Fsp3) is 0.161. The molecule has 41 heavy (non-hydrogen) atoms. The molecule has 0 aromatic heterocycles. The van der Waals surface area contributed by atoms with Crippen molar-refractivity contribution in [2.45, 2.75) is 26.1 Å². The Labute approximate surface area is 236 Å². The third kappa shape index (κ3) is 7.90. The number of aliphatic hydroxyl groups excluding tert-OH is 1. The zero-order chi connectivity index (χ0) is 29.2. The summed E-state index contributed by atoms with van der Waals surface area (Å²) in [6, 6.07) is 25.4. The molecule has 0 fully saturated rings. The van der Waals surface area contributed by atoms with E-state index in [-0.39, 0.29) is 30.8 Å². The summed E-state index contributed by atoms with van der Waals surface area (Å²) in [7, 11) is 0. The molecule has 0 saturated carbocycles. The standard InChI is InChI=1S/C31H28N4O6/c1-20-12-13-21(14-25(20)18-33-35-27-10-5-8-23(16-27)31(39)40)29(19-36)41-28-11-3-2-6-24(28)17-32-34-26-9-4-7-22(15-26)30(37)38/h2-16,29,36H,17-19H2,1H3,(H,37,38)(H,39,40). The van der Waals surface area contributed by atoms with Gasteiger partial charge in [-0.25, -0.2) is 9.59 Å². The number of aromatic carboxylic acids is 2. The van der Waals surface area contributed by atoms with Gasteiger partial charge in [-0.3, -0.25) is 0 Å². The lowest BCUT2D eigenvalue weighted by Crippen LogP contribution is -2.13. The molecule has 0 aliphatic rings. The maximum Gasteiger partial charge on any atom is 0.335 e. The number of hydrogen-bond donors (Lipinski definition) is 3. The van der Waals surface area contributed by atoms with Gasteiger partial charge in [0.05, 0.1) is 42.2 Å². The fourth-order valence-corrected chi connectivity index (χ4v) is 3.96. The number of ether oxygens (including phenoxy) is 1. The maximum absolute atomic E-state index is 11.2. The van der Waals surface area contributed by atoms with Crippen molar-refractivity contribution in [3.05, 3.63) is 124 Å². The van der Waals surface area contributed by atoms with Gasteiger partial charge in [0.2, 0.25) is 0 Å². The quantitative estimate of drug-likeness (QED) is 0.160. The Morgan fingerprint density at radius 1 is 0.732 bits per heavy atom. The highest BCUT2D eigenvalue weighted by Crippen LogP contribution is 2.28. The molecule has 4 aromatic rings. The predicted octanol–water partition coefficient (Wildman–Crippen LogP) is 7.07. The fourth-order valence-electron chi connectivity index (χ4n) is 3.96. The molecule has 10 heteroatoms. The van der Waals surface area contributed by atoms with Gasteiger partial charge in [-0.05, 0) is 72.1 Å². The van der Waals surface area contributed by atoms with Crippen molar-refractivity contribution in [2.75, 3.05) is 6.61 Å². The average molecular weight is 553 g/mol. The number of para-hydroxylation sites is 1. The van der Waals surface area contributed by atoms with Crippen LogP contribution in [0.2, 0.25) is 0 Å². The van der Waals surface area contributed by atoms with E-state index in [0.29, 0.717) is 17.1 Å². The molecule has 0 bridgehead atoms. The van der Waals surface area contributed by atoms with Crippen molar-refractivity contribution in [1.82, 2.24) is 0 Å². The van der Waals surface area contributed by atoms with Gasteiger partial charge in [-0.15, -0.1) is 0 Å². The van der Waals surface area contributed by atoms with E-state index in [1.165, 1.54) is 24.3 Å². The lowest BCUT2D eigenvalue weighted by Gasteiger charge is -2.20. The SMILES string of the molecule is Cc1ccc(C(CO)Oc2ccccc2CN=Nc2cccc(C(=O)O)c2)cc1CN=Nc1cccc(C(=O)O)c1. The summed E-state index contributed by atoms with van der Waals surface area (Å²) in [4.78, 5) is 22.4. The molecule has 4 aromatic carbocycles. The number of carbonyl (C=O) groups is 2. The van der Waals surface area contributed by atoms with Crippen LogP contribution in [0.1, 0.15) is 49.1 Å². The van der Waals surface area contributed by atoms with Crippen LogP contribution in [-0.2, 0) is 13.1 Å². The smallest absolute Gasteiger partial charge is 0.335 e. The van der Waals surface area contributed by atoms with E-state index in [9.17, 15) is 14.7 Å². The Balaban J connectivity index is 1.47. The van der Waals surface area contributed by atoms with Crippen molar-refractivity contribution in [3.8, 4) is 5.75 Å². The molecule has 4 rings (SSSR count). The Kier molecular flexibility index (Phi) is 9.63. The van der Waals surface area contributed by atoms with Gasteiger partial charge in [0.25, 0.3) is 0 Å². The second kappa shape index (κ2) is 13.7. The van der Waals surface area contributed by atoms with Crippen LogP contribution in [0.5, 0.6) is 5.75 Å². The van der Waals surface area contributed by atoms with E-state index in [0.717, 1.165) is 22.3 Å². The van der Waals surface area contributed by atoms with E-state index < -0.39 is 18.0 Å². The molecule has 1 atom stereocenters. The van der Waals surface area contributed by atoms with Gasteiger partial charge in [-0.1, -0.05) is 42.5 Å². The molecule has 10 nitrogen and oxygen atoms in total. The molecule has 1 unspecified atom stereocenters. The van der Waals surface area contributed by atoms with E-state index in [2.05, 4.69) is 20.5 Å². The molecule has 0 heterocycles. The first-order valence-electron chi connectivity index (χ1n) is 12.7. The van der Waals surface area contributed by atoms with Gasteiger partial charge >= 0.3 is 11.9 Å². The first-order valence-corrected chi connectivity index (χ1v) is 12.7. The largest absolute Gasteiger partial charge is 0.483 e. The van der Waals surface area contributed by atoms with E-state index >= 15 is 0 Å². The van der Waals surface area contributed by atoms with Gasteiger partial charge in [0.1, 0.15) is 11.9 Å². The Morgan fingerprint density at radius 2 is 1.32 bits per heavy atom. The second-order valence-corrected chi connectivity index (χ2v) is 9.09. The third-order valence-electron chi connectivity index (χ3n) is 6.19. The summed E-state index contributed by atoms with van der Waals surface area (Å²) in [5.41, 5.74) is 4.49. The Hall–Kier alpha value is -5.22. The predicted molar refractivity (Wildman–Crippen MR) is 151 cm³/mol. The summed E-state index contributed by atoms with van der Waals surface area (Å²) in [5, 5.41) is 45.3. The highest BCUT2D eigenvalue weighted by molar-refractivity contribution is 5.89. The van der Waals surface area contributed by atoms with E-state index in [4.69, 9.17) is 14.9 Å². The topological polar surface area (TPSA) is 154 Å². The van der Waals surface area contributed by atoms with Crippen LogP contribution in [0.15, 0.2) is 111 Å². The summed E-state index contributed by atoms with van der Waals surface area (Å²) < 4.78 is 6.20. The summed E-state index contributed by atoms with van der Waals surface area (Å²) >= 11 is 0. The lowest BCUT2D eigenvalue weighted by molar-refractivity contribution is 0.0686. The van der Waals surface area contributed by atoms with Crippen molar-refractivity contribution >= 4 is 23.3 Å². The molecule has 0 aliphatic carbocycles. The molecule has 0 saturated heterocycles. The molecule has 0 aliphatic heterocycles. The number of benzene rings is 4. The minimum atomic E-state index is -1.04. The lowest BCUT2D eigenvalue weighted by atomic mass is 10.0. The van der Waals surface area contributed by atoms with Crippen LogP contribution in [-0.4, -0.2) is 33.9 Å². The number of aryl methyl sites for hydroxylation is 1. The van der Waals surface area contributed by atoms with Crippen molar-refractivity contribution < 1.29 is 29.6 Å². The average Bonchev–Trinajstić information content (AvgIpc) is 2.98. The number of hydrogen-bond acceptors (Lipinski definition) is 8. The van der Waals surface area contributed by atoms with Gasteiger partial charge < -0.3 is 20.1 Å².